The molecule has 0 aliphatic carbocycles. The number of esters is 1. The lowest BCUT2D eigenvalue weighted by Crippen LogP contribution is -2.52. The van der Waals surface area contributed by atoms with E-state index in [9.17, 15) is 9.59 Å². The number of anilines is 1. The second-order valence-electron chi connectivity index (χ2n) is 7.61. The third-order valence-corrected chi connectivity index (χ3v) is 4.20. The molecule has 2 rings (SSSR count). The number of methoxy groups -OCH3 is 1. The fourth-order valence-electron chi connectivity index (χ4n) is 3.13. The molecule has 0 radical (unpaired) electrons. The fourth-order valence-corrected chi connectivity index (χ4v) is 3.13. The highest BCUT2D eigenvalue weighted by atomic mass is 16.6. The summed E-state index contributed by atoms with van der Waals surface area (Å²) in [7, 11) is 1.56. The van der Waals surface area contributed by atoms with Crippen molar-refractivity contribution in [2.24, 2.45) is 0 Å². The van der Waals surface area contributed by atoms with Gasteiger partial charge >= 0.3 is 12.1 Å². The lowest BCUT2D eigenvalue weighted by atomic mass is 9.80. The highest BCUT2D eigenvalue weighted by molar-refractivity contribution is 6.01. The summed E-state index contributed by atoms with van der Waals surface area (Å²) in [6.07, 6.45) is -0.578. The van der Waals surface area contributed by atoms with E-state index in [0.717, 1.165) is 5.56 Å². The first kappa shape index (κ1) is 19.1. The molecule has 0 N–H and O–H groups in total. The number of nitrogens with zero attached hydrogens (tertiary/aromatic N) is 1. The van der Waals surface area contributed by atoms with Gasteiger partial charge in [-0.3, -0.25) is 4.90 Å². The van der Waals surface area contributed by atoms with E-state index in [-0.39, 0.29) is 6.61 Å². The predicted octanol–water partition coefficient (Wildman–Crippen LogP) is 3.66. The zero-order valence-electron chi connectivity index (χ0n) is 16.0. The summed E-state index contributed by atoms with van der Waals surface area (Å²) < 4.78 is 16.1. The quantitative estimate of drug-likeness (QED) is 0.779. The van der Waals surface area contributed by atoms with E-state index in [1.165, 1.54) is 4.90 Å². The van der Waals surface area contributed by atoms with Crippen LogP contribution in [0.5, 0.6) is 5.75 Å². The second kappa shape index (κ2) is 6.58. The number of carbonyl (C=O) groups is 2. The Morgan fingerprint density at radius 2 is 1.88 bits per heavy atom. The van der Waals surface area contributed by atoms with Gasteiger partial charge in [-0.25, -0.2) is 9.59 Å². The molecule has 0 spiro atoms. The number of benzene rings is 1. The zero-order valence-corrected chi connectivity index (χ0v) is 16.0. The van der Waals surface area contributed by atoms with E-state index in [4.69, 9.17) is 14.2 Å². The first-order chi connectivity index (χ1) is 11.5. The minimum absolute atomic E-state index is 0.243. The lowest BCUT2D eigenvalue weighted by molar-refractivity contribution is -0.146. The van der Waals surface area contributed by atoms with E-state index < -0.39 is 29.1 Å². The number of hydrogen-bond donors (Lipinski definition) is 0. The number of carbonyl (C=O) groups excluding carboxylic acids is 2. The van der Waals surface area contributed by atoms with Crippen molar-refractivity contribution in [3.63, 3.8) is 0 Å². The highest BCUT2D eigenvalue weighted by Gasteiger charge is 2.53. The largest absolute Gasteiger partial charge is 0.497 e. The Labute approximate surface area is 149 Å². The molecule has 1 aliphatic heterocycles. The minimum Gasteiger partial charge on any atom is -0.497 e. The van der Waals surface area contributed by atoms with Crippen molar-refractivity contribution < 1.29 is 23.8 Å². The zero-order chi connectivity index (χ0) is 19.0. The first-order valence-corrected chi connectivity index (χ1v) is 8.40. The molecule has 138 valence electrons. The van der Waals surface area contributed by atoms with Crippen LogP contribution in [0.3, 0.4) is 0 Å². The molecule has 0 saturated carbocycles. The lowest BCUT2D eigenvalue weighted by Gasteiger charge is -2.32. The monoisotopic (exact) mass is 349 g/mol. The van der Waals surface area contributed by atoms with Crippen LogP contribution in [0.1, 0.15) is 47.1 Å². The van der Waals surface area contributed by atoms with Crippen molar-refractivity contribution in [2.45, 2.75) is 58.6 Å². The predicted molar refractivity (Wildman–Crippen MR) is 95.2 cm³/mol. The summed E-state index contributed by atoms with van der Waals surface area (Å²) in [5, 5.41) is 0. The molecule has 0 saturated heterocycles. The Bertz CT molecular complexity index is 675. The van der Waals surface area contributed by atoms with Crippen LogP contribution in [-0.4, -0.2) is 37.4 Å². The normalized spacial score (nSPS) is 18.5. The number of hydrogen-bond acceptors (Lipinski definition) is 5. The average Bonchev–Trinajstić information content (AvgIpc) is 2.73. The molecule has 1 aromatic carbocycles. The molecule has 25 heavy (non-hydrogen) atoms. The van der Waals surface area contributed by atoms with E-state index in [0.29, 0.717) is 11.4 Å². The van der Waals surface area contributed by atoms with Crippen LogP contribution >= 0.6 is 0 Å². The fraction of sp³-hybridized carbons (Fsp3) is 0.579. The number of ether oxygens (including phenoxy) is 3. The summed E-state index contributed by atoms with van der Waals surface area (Å²) in [5.41, 5.74) is 0.182. The Morgan fingerprint density at radius 1 is 1.24 bits per heavy atom. The molecule has 1 aliphatic rings. The van der Waals surface area contributed by atoms with Gasteiger partial charge in [0.1, 0.15) is 17.4 Å². The molecule has 0 bridgehead atoms. The van der Waals surface area contributed by atoms with E-state index >= 15 is 0 Å². The van der Waals surface area contributed by atoms with Gasteiger partial charge in [0, 0.05) is 11.5 Å². The maximum Gasteiger partial charge on any atom is 0.415 e. The van der Waals surface area contributed by atoms with Crippen molar-refractivity contribution in [2.75, 3.05) is 18.6 Å². The minimum atomic E-state index is -0.801. The topological polar surface area (TPSA) is 65.1 Å². The van der Waals surface area contributed by atoms with Gasteiger partial charge in [-0.15, -0.1) is 0 Å². The second-order valence-corrected chi connectivity index (χ2v) is 7.61. The third kappa shape index (κ3) is 3.57. The van der Waals surface area contributed by atoms with Crippen LogP contribution < -0.4 is 9.64 Å². The van der Waals surface area contributed by atoms with Gasteiger partial charge in [0.05, 0.1) is 19.4 Å². The smallest absolute Gasteiger partial charge is 0.415 e. The molecular weight excluding hydrogens is 322 g/mol. The molecule has 0 aromatic heterocycles. The number of rotatable bonds is 3. The Balaban J connectivity index is 2.57. The van der Waals surface area contributed by atoms with Crippen molar-refractivity contribution in [3.05, 3.63) is 23.8 Å². The summed E-state index contributed by atoms with van der Waals surface area (Å²) in [4.78, 5) is 26.9. The Morgan fingerprint density at radius 3 is 2.40 bits per heavy atom. The molecule has 6 heteroatoms. The van der Waals surface area contributed by atoms with Crippen molar-refractivity contribution in [1.29, 1.82) is 0 Å². The van der Waals surface area contributed by atoms with Crippen LogP contribution in [0.4, 0.5) is 10.5 Å². The van der Waals surface area contributed by atoms with Crippen molar-refractivity contribution in [3.8, 4) is 5.75 Å². The van der Waals surface area contributed by atoms with Gasteiger partial charge in [-0.1, -0.05) is 19.9 Å². The van der Waals surface area contributed by atoms with Crippen LogP contribution in [0.25, 0.3) is 0 Å². The van der Waals surface area contributed by atoms with E-state index in [2.05, 4.69) is 0 Å². The molecule has 6 nitrogen and oxygen atoms in total. The summed E-state index contributed by atoms with van der Waals surface area (Å²) in [6.45, 7) is 11.2. The molecule has 1 aromatic rings. The maximum atomic E-state index is 12.9. The Kier molecular flexibility index (Phi) is 5.02. The number of amides is 1. The molecule has 1 amide bonds. The van der Waals surface area contributed by atoms with Crippen LogP contribution in [0.15, 0.2) is 18.2 Å². The SMILES string of the molecule is CCOC(=O)C1N(C(=O)OC(C)(C)C)c2cc(OC)ccc2C1(C)C. The van der Waals surface area contributed by atoms with Gasteiger partial charge < -0.3 is 14.2 Å². The molecular formula is C19H27NO5. The molecule has 1 unspecified atom stereocenters. The van der Waals surface area contributed by atoms with Gasteiger partial charge in [0.15, 0.2) is 0 Å². The van der Waals surface area contributed by atoms with Crippen molar-refractivity contribution in [1.82, 2.24) is 0 Å². The van der Waals surface area contributed by atoms with Gasteiger partial charge in [-0.05, 0) is 39.3 Å². The molecule has 0 fully saturated rings. The summed E-state index contributed by atoms with van der Waals surface area (Å²) >= 11 is 0. The maximum absolute atomic E-state index is 12.9. The number of fused-ring (bicyclic) bond motifs is 1. The van der Waals surface area contributed by atoms with Crippen LogP contribution in [0.2, 0.25) is 0 Å². The first-order valence-electron chi connectivity index (χ1n) is 8.40. The third-order valence-electron chi connectivity index (χ3n) is 4.20. The molecule has 1 heterocycles. The summed E-state index contributed by atoms with van der Waals surface area (Å²) in [5.74, 6) is 0.154. The van der Waals surface area contributed by atoms with Gasteiger partial charge in [-0.2, -0.15) is 0 Å². The summed E-state index contributed by atoms with van der Waals surface area (Å²) in [6, 6.07) is 4.65. The van der Waals surface area contributed by atoms with Crippen LogP contribution in [-0.2, 0) is 19.7 Å². The van der Waals surface area contributed by atoms with E-state index in [1.807, 2.05) is 26.0 Å². The van der Waals surface area contributed by atoms with Crippen LogP contribution in [0, 0.1) is 0 Å². The van der Waals surface area contributed by atoms with Gasteiger partial charge in [0.2, 0.25) is 0 Å². The van der Waals surface area contributed by atoms with E-state index in [1.54, 1.807) is 40.9 Å². The Hall–Kier alpha value is -2.24. The van der Waals surface area contributed by atoms with Crippen molar-refractivity contribution >= 4 is 17.7 Å². The average molecular weight is 349 g/mol. The highest BCUT2D eigenvalue weighted by Crippen LogP contribution is 2.47. The molecule has 1 atom stereocenters. The van der Waals surface area contributed by atoms with Gasteiger partial charge in [0.25, 0.3) is 0 Å². The standard InChI is InChI=1S/C19H27NO5/c1-8-24-16(21)15-19(5,6)13-10-9-12(23-7)11-14(13)20(15)17(22)25-18(2,3)4/h9-11,15H,8H2,1-7H3.